The number of nitrogens with one attached hydrogen (secondary N) is 1. The highest BCUT2D eigenvalue weighted by atomic mass is 16.2. The summed E-state index contributed by atoms with van der Waals surface area (Å²) in [7, 11) is 0. The Bertz CT molecular complexity index is 915. The molecule has 1 amide bonds. The first-order valence-electron chi connectivity index (χ1n) is 10.0. The first kappa shape index (κ1) is 16.0. The van der Waals surface area contributed by atoms with Crippen LogP contribution < -0.4 is 11.0 Å². The Morgan fingerprint density at radius 3 is 2.58 bits per heavy atom. The van der Waals surface area contributed by atoms with Crippen LogP contribution in [0.5, 0.6) is 0 Å². The third kappa shape index (κ3) is 2.65. The maximum Gasteiger partial charge on any atom is 0.294 e. The van der Waals surface area contributed by atoms with Crippen molar-refractivity contribution in [2.45, 2.75) is 57.3 Å². The second-order valence-corrected chi connectivity index (χ2v) is 8.45. The largest absolute Gasteiger partial charge is 0.294 e. The van der Waals surface area contributed by atoms with Crippen molar-refractivity contribution in [3.8, 4) is 0 Å². The van der Waals surface area contributed by atoms with E-state index in [1.165, 1.54) is 36.9 Å². The maximum absolute atomic E-state index is 12.8. The standard InChI is InChI=1S/C21H25N3O2/c25-19(12-16-11-13-8-9-15(16)10-13)22-24-21(26)18-7-2-1-6-17(18)20(23-24)14-4-3-5-14/h1-2,6-7,13-16H,3-5,8-12H2,(H,22,25)/t13-,15+,16-/m1/s1. The molecule has 2 bridgehead atoms. The summed E-state index contributed by atoms with van der Waals surface area (Å²) in [4.78, 5) is 26.6. The van der Waals surface area contributed by atoms with E-state index in [9.17, 15) is 9.59 Å². The molecule has 5 heteroatoms. The first-order chi connectivity index (χ1) is 12.7. The third-order valence-electron chi connectivity index (χ3n) is 6.89. The molecule has 0 aliphatic heterocycles. The van der Waals surface area contributed by atoms with Crippen molar-refractivity contribution in [2.75, 3.05) is 5.43 Å². The molecule has 0 saturated heterocycles. The van der Waals surface area contributed by atoms with Crippen LogP contribution in [0, 0.1) is 17.8 Å². The van der Waals surface area contributed by atoms with Crippen LogP contribution in [0.15, 0.2) is 29.1 Å². The van der Waals surface area contributed by atoms with Crippen LogP contribution in [-0.2, 0) is 4.79 Å². The average Bonchev–Trinajstić information content (AvgIpc) is 3.20. The van der Waals surface area contributed by atoms with Crippen molar-refractivity contribution in [2.24, 2.45) is 17.8 Å². The molecule has 1 aromatic carbocycles. The summed E-state index contributed by atoms with van der Waals surface area (Å²) in [5, 5.41) is 6.13. The zero-order valence-corrected chi connectivity index (χ0v) is 15.0. The fourth-order valence-electron chi connectivity index (χ4n) is 5.30. The smallest absolute Gasteiger partial charge is 0.273 e. The normalized spacial score (nSPS) is 27.6. The summed E-state index contributed by atoms with van der Waals surface area (Å²) in [6.07, 6.45) is 8.99. The molecular weight excluding hydrogens is 326 g/mol. The Kier molecular flexibility index (Phi) is 3.84. The lowest BCUT2D eigenvalue weighted by molar-refractivity contribution is -0.118. The van der Waals surface area contributed by atoms with Crippen molar-refractivity contribution in [3.63, 3.8) is 0 Å². The highest BCUT2D eigenvalue weighted by molar-refractivity contribution is 5.86. The fourth-order valence-corrected chi connectivity index (χ4v) is 5.30. The Labute approximate surface area is 152 Å². The van der Waals surface area contributed by atoms with Crippen molar-refractivity contribution < 1.29 is 4.79 Å². The molecule has 3 atom stereocenters. The number of carbonyl (C=O) groups excluding carboxylic acids is 1. The minimum absolute atomic E-state index is 0.0769. The molecule has 1 N–H and O–H groups in total. The Morgan fingerprint density at radius 2 is 1.92 bits per heavy atom. The highest BCUT2D eigenvalue weighted by Gasteiger charge is 2.40. The van der Waals surface area contributed by atoms with Gasteiger partial charge >= 0.3 is 0 Å². The van der Waals surface area contributed by atoms with E-state index in [0.29, 0.717) is 29.6 Å². The van der Waals surface area contributed by atoms with E-state index >= 15 is 0 Å². The van der Waals surface area contributed by atoms with Gasteiger partial charge in [-0.25, -0.2) is 5.43 Å². The Morgan fingerprint density at radius 1 is 1.12 bits per heavy atom. The van der Waals surface area contributed by atoms with Crippen molar-refractivity contribution in [1.82, 2.24) is 9.89 Å². The van der Waals surface area contributed by atoms with Gasteiger partial charge in [0, 0.05) is 17.7 Å². The van der Waals surface area contributed by atoms with E-state index in [-0.39, 0.29) is 11.5 Å². The Hall–Kier alpha value is -2.17. The maximum atomic E-state index is 12.8. The molecule has 0 spiro atoms. The van der Waals surface area contributed by atoms with Crippen LogP contribution in [0.2, 0.25) is 0 Å². The molecule has 5 nitrogen and oxygen atoms in total. The lowest BCUT2D eigenvalue weighted by Crippen LogP contribution is -2.37. The van der Waals surface area contributed by atoms with E-state index in [1.54, 1.807) is 0 Å². The number of hydrogen-bond donors (Lipinski definition) is 1. The van der Waals surface area contributed by atoms with Crippen LogP contribution in [0.25, 0.3) is 10.8 Å². The zero-order valence-electron chi connectivity index (χ0n) is 15.0. The van der Waals surface area contributed by atoms with Crippen molar-refractivity contribution >= 4 is 16.7 Å². The highest BCUT2D eigenvalue weighted by Crippen LogP contribution is 2.49. The average molecular weight is 351 g/mol. The van der Waals surface area contributed by atoms with Gasteiger partial charge in [-0.2, -0.15) is 5.10 Å². The Balaban J connectivity index is 1.42. The molecule has 0 radical (unpaired) electrons. The SMILES string of the molecule is O=C(C[C@H]1C[C@@H]2CC[C@H]1C2)Nn1nc(C2CCC2)c2ccccc2c1=O. The van der Waals surface area contributed by atoms with Crippen LogP contribution in [0.4, 0.5) is 0 Å². The second-order valence-electron chi connectivity index (χ2n) is 8.45. The van der Waals surface area contributed by atoms with E-state index in [2.05, 4.69) is 10.5 Å². The molecule has 1 aromatic heterocycles. The predicted octanol–water partition coefficient (Wildman–Crippen LogP) is 3.56. The summed E-state index contributed by atoms with van der Waals surface area (Å²) >= 11 is 0. The van der Waals surface area contributed by atoms with Gasteiger partial charge in [0.25, 0.3) is 5.56 Å². The van der Waals surface area contributed by atoms with Crippen molar-refractivity contribution in [3.05, 3.63) is 40.3 Å². The van der Waals surface area contributed by atoms with Gasteiger partial charge in [0.1, 0.15) is 0 Å². The van der Waals surface area contributed by atoms with Gasteiger partial charge in [-0.05, 0) is 55.9 Å². The number of hydrogen-bond acceptors (Lipinski definition) is 3. The molecule has 3 aliphatic carbocycles. The number of fused-ring (bicyclic) bond motifs is 3. The number of aromatic nitrogens is 2. The van der Waals surface area contributed by atoms with Gasteiger partial charge < -0.3 is 0 Å². The molecule has 5 rings (SSSR count). The lowest BCUT2D eigenvalue weighted by Gasteiger charge is -2.26. The predicted molar refractivity (Wildman–Crippen MR) is 101 cm³/mol. The van der Waals surface area contributed by atoms with Gasteiger partial charge in [-0.15, -0.1) is 4.79 Å². The van der Waals surface area contributed by atoms with Gasteiger partial charge in [-0.1, -0.05) is 31.0 Å². The number of carbonyl (C=O) groups is 1. The van der Waals surface area contributed by atoms with Gasteiger partial charge in [0.2, 0.25) is 5.91 Å². The van der Waals surface area contributed by atoms with Gasteiger partial charge in [0.05, 0.1) is 11.1 Å². The van der Waals surface area contributed by atoms with Crippen LogP contribution in [0.1, 0.15) is 63.0 Å². The summed E-state index contributed by atoms with van der Waals surface area (Å²) in [5.74, 6) is 2.33. The van der Waals surface area contributed by atoms with E-state index in [0.717, 1.165) is 29.8 Å². The fraction of sp³-hybridized carbons (Fsp3) is 0.571. The molecular formula is C21H25N3O2. The summed E-state index contributed by atoms with van der Waals surface area (Å²) in [6.45, 7) is 0. The molecule has 26 heavy (non-hydrogen) atoms. The summed E-state index contributed by atoms with van der Waals surface area (Å²) in [6, 6.07) is 7.62. The van der Waals surface area contributed by atoms with Gasteiger partial charge in [0.15, 0.2) is 0 Å². The minimum atomic E-state index is -0.232. The molecule has 3 fully saturated rings. The number of rotatable bonds is 4. The van der Waals surface area contributed by atoms with E-state index < -0.39 is 0 Å². The minimum Gasteiger partial charge on any atom is -0.273 e. The first-order valence-corrected chi connectivity index (χ1v) is 10.0. The molecule has 1 heterocycles. The number of benzene rings is 1. The summed E-state index contributed by atoms with van der Waals surface area (Å²) in [5.41, 5.74) is 3.51. The lowest BCUT2D eigenvalue weighted by atomic mass is 9.81. The molecule has 136 valence electrons. The van der Waals surface area contributed by atoms with Crippen LogP contribution in [-0.4, -0.2) is 15.8 Å². The molecule has 3 saturated carbocycles. The van der Waals surface area contributed by atoms with E-state index in [1.807, 2.05) is 24.3 Å². The second kappa shape index (κ2) is 6.22. The topological polar surface area (TPSA) is 64.0 Å². The number of nitrogens with zero attached hydrogens (tertiary/aromatic N) is 2. The third-order valence-corrected chi connectivity index (χ3v) is 6.89. The molecule has 3 aliphatic rings. The van der Waals surface area contributed by atoms with Crippen LogP contribution in [0.3, 0.4) is 0 Å². The monoisotopic (exact) mass is 351 g/mol. The quantitative estimate of drug-likeness (QED) is 0.916. The molecule has 2 aromatic rings. The number of amides is 1. The van der Waals surface area contributed by atoms with Crippen molar-refractivity contribution in [1.29, 1.82) is 0 Å². The van der Waals surface area contributed by atoms with Crippen LogP contribution >= 0.6 is 0 Å². The van der Waals surface area contributed by atoms with E-state index in [4.69, 9.17) is 0 Å². The molecule has 0 unspecified atom stereocenters. The summed E-state index contributed by atoms with van der Waals surface area (Å²) < 4.78 is 0. The van der Waals surface area contributed by atoms with Gasteiger partial charge in [-0.3, -0.25) is 9.59 Å². The zero-order chi connectivity index (χ0) is 17.7.